The molecule has 2 aliphatic rings. The van der Waals surface area contributed by atoms with Crippen molar-refractivity contribution >= 4 is 0 Å². The van der Waals surface area contributed by atoms with Crippen LogP contribution >= 0.6 is 0 Å². The van der Waals surface area contributed by atoms with E-state index < -0.39 is 11.7 Å². The van der Waals surface area contributed by atoms with Gasteiger partial charge in [0.2, 0.25) is 0 Å². The third kappa shape index (κ3) is 3.36. The number of likely N-dealkylation sites (N-methyl/N-ethyl adjacent to an activating group) is 1. The highest BCUT2D eigenvalue weighted by molar-refractivity contribution is 5.27. The van der Waals surface area contributed by atoms with Crippen LogP contribution in [0, 0.1) is 0 Å². The summed E-state index contributed by atoms with van der Waals surface area (Å²) in [6, 6.07) is 6.36. The number of hydrogen-bond acceptors (Lipinski definition) is 2. The van der Waals surface area contributed by atoms with Gasteiger partial charge in [-0.1, -0.05) is 29.8 Å². The van der Waals surface area contributed by atoms with E-state index in [0.717, 1.165) is 31.1 Å². The van der Waals surface area contributed by atoms with E-state index in [1.54, 1.807) is 6.07 Å². The van der Waals surface area contributed by atoms with Gasteiger partial charge in [-0.2, -0.15) is 13.2 Å². The van der Waals surface area contributed by atoms with Crippen molar-refractivity contribution in [2.24, 2.45) is 0 Å². The monoisotopic (exact) mass is 311 g/mol. The van der Waals surface area contributed by atoms with Crippen molar-refractivity contribution in [3.63, 3.8) is 0 Å². The lowest BCUT2D eigenvalue weighted by Crippen LogP contribution is -2.51. The Labute approximate surface area is 128 Å². The number of rotatable bonds is 3. The average Bonchev–Trinajstić information content (AvgIpc) is 2.45. The molecule has 1 aromatic rings. The Kier molecular flexibility index (Phi) is 4.28. The van der Waals surface area contributed by atoms with Crippen LogP contribution in [0.1, 0.15) is 24.0 Å². The molecule has 0 N–H and O–H groups in total. The lowest BCUT2D eigenvalue weighted by atomic mass is 9.91. The van der Waals surface area contributed by atoms with Crippen molar-refractivity contribution < 1.29 is 17.9 Å². The van der Waals surface area contributed by atoms with Gasteiger partial charge in [0.25, 0.3) is 0 Å². The first-order valence-electron chi connectivity index (χ1n) is 7.59. The molecule has 2 unspecified atom stereocenters. The molecular weight excluding hydrogens is 291 g/mol. The highest BCUT2D eigenvalue weighted by Crippen LogP contribution is 2.31. The quantitative estimate of drug-likeness (QED) is 0.790. The Morgan fingerprint density at radius 1 is 1.23 bits per heavy atom. The molecular formula is C17H20F3NO. The molecule has 0 spiro atoms. The van der Waals surface area contributed by atoms with Gasteiger partial charge in [-0.15, -0.1) is 0 Å². The van der Waals surface area contributed by atoms with E-state index >= 15 is 0 Å². The summed E-state index contributed by atoms with van der Waals surface area (Å²) in [4.78, 5) is 2.33. The van der Waals surface area contributed by atoms with Crippen molar-refractivity contribution in [3.05, 3.63) is 47.0 Å². The Morgan fingerprint density at radius 3 is 2.77 bits per heavy atom. The van der Waals surface area contributed by atoms with Crippen LogP contribution < -0.4 is 0 Å². The van der Waals surface area contributed by atoms with Gasteiger partial charge >= 0.3 is 6.18 Å². The van der Waals surface area contributed by atoms with Crippen molar-refractivity contribution in [1.82, 2.24) is 4.90 Å². The molecule has 2 aliphatic heterocycles. The number of alkyl halides is 3. The molecule has 2 bridgehead atoms. The van der Waals surface area contributed by atoms with Gasteiger partial charge in [-0.25, -0.2) is 0 Å². The molecule has 120 valence electrons. The number of benzene rings is 1. The van der Waals surface area contributed by atoms with E-state index in [9.17, 15) is 13.2 Å². The molecule has 1 aromatic carbocycles. The maximum atomic E-state index is 12.7. The van der Waals surface area contributed by atoms with Gasteiger partial charge in [0, 0.05) is 6.04 Å². The van der Waals surface area contributed by atoms with E-state index in [2.05, 4.69) is 18.0 Å². The molecule has 2 nitrogen and oxygen atoms in total. The summed E-state index contributed by atoms with van der Waals surface area (Å²) < 4.78 is 43.8. The van der Waals surface area contributed by atoms with Crippen LogP contribution in [0.4, 0.5) is 13.2 Å². The van der Waals surface area contributed by atoms with Crippen LogP contribution in [0.25, 0.3) is 0 Å². The fourth-order valence-electron chi connectivity index (χ4n) is 3.24. The lowest BCUT2D eigenvalue weighted by Gasteiger charge is -2.42. The maximum absolute atomic E-state index is 12.7. The molecule has 5 heteroatoms. The third-order valence-corrected chi connectivity index (χ3v) is 4.61. The largest absolute Gasteiger partial charge is 0.416 e. The number of aryl methyl sites for hydroxylation is 1. The molecule has 2 atom stereocenters. The van der Waals surface area contributed by atoms with Gasteiger partial charge < -0.3 is 4.74 Å². The molecule has 0 amide bonds. The first-order chi connectivity index (χ1) is 10.4. The standard InChI is InChI=1S/C17H20F3NO/c1-21-15-8-13(9-16(21)11-22-10-15)6-5-12-3-2-4-14(7-12)17(18,19)20/h2-4,7-8,15-16H,5-6,9-11H2,1H3. The minimum absolute atomic E-state index is 0.309. The van der Waals surface area contributed by atoms with Crippen LogP contribution in [0.15, 0.2) is 35.9 Å². The summed E-state index contributed by atoms with van der Waals surface area (Å²) in [6.07, 6.45) is 0.383. The predicted octanol–water partition coefficient (Wildman–Crippen LogP) is 3.67. The fourth-order valence-corrected chi connectivity index (χ4v) is 3.24. The van der Waals surface area contributed by atoms with Crippen molar-refractivity contribution in [1.29, 1.82) is 0 Å². The average molecular weight is 311 g/mol. The van der Waals surface area contributed by atoms with Crippen molar-refractivity contribution in [2.75, 3.05) is 20.3 Å². The summed E-state index contributed by atoms with van der Waals surface area (Å²) in [5.74, 6) is 0. The van der Waals surface area contributed by atoms with E-state index in [1.807, 2.05) is 0 Å². The zero-order chi connectivity index (χ0) is 15.7. The van der Waals surface area contributed by atoms with Crippen LogP contribution in [0.3, 0.4) is 0 Å². The fraction of sp³-hybridized carbons (Fsp3) is 0.529. The first kappa shape index (κ1) is 15.6. The zero-order valence-corrected chi connectivity index (χ0v) is 12.6. The van der Waals surface area contributed by atoms with Gasteiger partial charge in [0.1, 0.15) is 0 Å². The number of ether oxygens (including phenoxy) is 1. The van der Waals surface area contributed by atoms with Crippen LogP contribution in [-0.4, -0.2) is 37.2 Å². The van der Waals surface area contributed by atoms with E-state index in [-0.39, 0.29) is 0 Å². The van der Waals surface area contributed by atoms with Crippen LogP contribution in [0.2, 0.25) is 0 Å². The van der Waals surface area contributed by atoms with E-state index in [1.165, 1.54) is 17.7 Å². The molecule has 0 aliphatic carbocycles. The number of hydrogen-bond donors (Lipinski definition) is 0. The minimum atomic E-state index is -4.27. The number of morpholine rings is 1. The zero-order valence-electron chi connectivity index (χ0n) is 12.6. The number of nitrogens with zero attached hydrogens (tertiary/aromatic N) is 1. The minimum Gasteiger partial charge on any atom is -0.378 e. The third-order valence-electron chi connectivity index (χ3n) is 4.61. The summed E-state index contributed by atoms with van der Waals surface area (Å²) in [7, 11) is 2.11. The van der Waals surface area contributed by atoms with Crippen molar-refractivity contribution in [3.8, 4) is 0 Å². The Hall–Kier alpha value is -1.33. The molecule has 0 radical (unpaired) electrons. The second-order valence-corrected chi connectivity index (χ2v) is 6.15. The molecule has 0 saturated carbocycles. The normalized spacial score (nSPS) is 25.9. The van der Waals surface area contributed by atoms with E-state index in [4.69, 9.17) is 4.74 Å². The van der Waals surface area contributed by atoms with Gasteiger partial charge in [-0.05, 0) is 37.9 Å². The van der Waals surface area contributed by atoms with Gasteiger partial charge in [0.15, 0.2) is 0 Å². The second kappa shape index (κ2) is 6.05. The lowest BCUT2D eigenvalue weighted by molar-refractivity contribution is -0.137. The van der Waals surface area contributed by atoms with E-state index in [0.29, 0.717) is 25.1 Å². The van der Waals surface area contributed by atoms with Crippen LogP contribution in [-0.2, 0) is 17.3 Å². The smallest absolute Gasteiger partial charge is 0.378 e. The van der Waals surface area contributed by atoms with Crippen molar-refractivity contribution in [2.45, 2.75) is 37.5 Å². The molecule has 0 aromatic heterocycles. The number of fused-ring (bicyclic) bond motifs is 2. The topological polar surface area (TPSA) is 12.5 Å². The Bertz CT molecular complexity index is 567. The van der Waals surface area contributed by atoms with Crippen LogP contribution in [0.5, 0.6) is 0 Å². The first-order valence-corrected chi connectivity index (χ1v) is 7.59. The Morgan fingerprint density at radius 2 is 2.05 bits per heavy atom. The van der Waals surface area contributed by atoms with Gasteiger partial charge in [-0.3, -0.25) is 4.90 Å². The molecule has 1 saturated heterocycles. The predicted molar refractivity (Wildman–Crippen MR) is 78.6 cm³/mol. The summed E-state index contributed by atoms with van der Waals surface area (Å²) >= 11 is 0. The number of halogens is 3. The highest BCUT2D eigenvalue weighted by Gasteiger charge is 2.32. The molecule has 1 fully saturated rings. The highest BCUT2D eigenvalue weighted by atomic mass is 19.4. The molecule has 2 heterocycles. The Balaban J connectivity index is 1.66. The summed E-state index contributed by atoms with van der Waals surface area (Å²) in [5.41, 5.74) is 1.53. The summed E-state index contributed by atoms with van der Waals surface area (Å²) in [5, 5.41) is 0. The maximum Gasteiger partial charge on any atom is 0.416 e. The molecule has 3 rings (SSSR count). The second-order valence-electron chi connectivity index (χ2n) is 6.15. The SMILES string of the molecule is CN1C2C=C(CCc3cccc(C(F)(F)F)c3)CC1COC2. The summed E-state index contributed by atoms with van der Waals surface area (Å²) in [6.45, 7) is 1.45. The van der Waals surface area contributed by atoms with Gasteiger partial charge in [0.05, 0.1) is 24.8 Å². The molecule has 22 heavy (non-hydrogen) atoms.